The molecule has 5 nitrogen and oxygen atoms in total. The lowest BCUT2D eigenvalue weighted by molar-refractivity contribution is 0.0455. The van der Waals surface area contributed by atoms with E-state index in [0.29, 0.717) is 25.3 Å². The SMILES string of the molecule is CCC(O)(CC)CNc1nc2cccc(C)n2n1. The predicted molar refractivity (Wildman–Crippen MR) is 71.7 cm³/mol. The fourth-order valence-electron chi connectivity index (χ4n) is 1.85. The van der Waals surface area contributed by atoms with Crippen molar-refractivity contribution < 1.29 is 5.11 Å². The monoisotopic (exact) mass is 248 g/mol. The Morgan fingerprint density at radius 3 is 2.67 bits per heavy atom. The third-order valence-electron chi connectivity index (χ3n) is 3.44. The number of aliphatic hydroxyl groups is 1. The fourth-order valence-corrected chi connectivity index (χ4v) is 1.85. The van der Waals surface area contributed by atoms with Crippen LogP contribution in [0.4, 0.5) is 5.95 Å². The highest BCUT2D eigenvalue weighted by molar-refractivity contribution is 5.44. The number of rotatable bonds is 5. The minimum atomic E-state index is -0.688. The van der Waals surface area contributed by atoms with Crippen LogP contribution in [-0.2, 0) is 0 Å². The van der Waals surface area contributed by atoms with E-state index >= 15 is 0 Å². The van der Waals surface area contributed by atoms with Gasteiger partial charge in [0.15, 0.2) is 5.65 Å². The number of hydrogen-bond donors (Lipinski definition) is 2. The Kier molecular flexibility index (Phi) is 3.52. The maximum atomic E-state index is 10.2. The van der Waals surface area contributed by atoms with Gasteiger partial charge >= 0.3 is 0 Å². The van der Waals surface area contributed by atoms with Gasteiger partial charge in [-0.3, -0.25) is 0 Å². The van der Waals surface area contributed by atoms with Gasteiger partial charge in [0.05, 0.1) is 5.60 Å². The van der Waals surface area contributed by atoms with E-state index in [4.69, 9.17) is 0 Å². The molecule has 0 atom stereocenters. The summed E-state index contributed by atoms with van der Waals surface area (Å²) in [4.78, 5) is 4.37. The summed E-state index contributed by atoms with van der Waals surface area (Å²) in [6, 6.07) is 5.86. The van der Waals surface area contributed by atoms with Crippen molar-refractivity contribution in [1.82, 2.24) is 14.6 Å². The van der Waals surface area contributed by atoms with Gasteiger partial charge < -0.3 is 10.4 Å². The van der Waals surface area contributed by atoms with E-state index in [0.717, 1.165) is 11.3 Å². The first-order chi connectivity index (χ1) is 8.58. The number of nitrogens with zero attached hydrogens (tertiary/aromatic N) is 3. The van der Waals surface area contributed by atoms with Crippen molar-refractivity contribution in [1.29, 1.82) is 0 Å². The van der Waals surface area contributed by atoms with Crippen molar-refractivity contribution in [2.45, 2.75) is 39.2 Å². The predicted octanol–water partition coefficient (Wildman–Crippen LogP) is 2.00. The zero-order valence-electron chi connectivity index (χ0n) is 11.1. The molecule has 0 saturated heterocycles. The van der Waals surface area contributed by atoms with Gasteiger partial charge in [-0.05, 0) is 31.9 Å². The summed E-state index contributed by atoms with van der Waals surface area (Å²) in [6.07, 6.45) is 1.42. The minimum Gasteiger partial charge on any atom is -0.388 e. The van der Waals surface area contributed by atoms with E-state index in [1.54, 1.807) is 4.52 Å². The second kappa shape index (κ2) is 4.94. The summed E-state index contributed by atoms with van der Waals surface area (Å²) < 4.78 is 1.79. The highest BCUT2D eigenvalue weighted by atomic mass is 16.3. The molecule has 0 spiro atoms. The lowest BCUT2D eigenvalue weighted by Crippen LogP contribution is -2.35. The third-order valence-corrected chi connectivity index (χ3v) is 3.44. The number of fused-ring (bicyclic) bond motifs is 1. The highest BCUT2D eigenvalue weighted by Gasteiger charge is 2.22. The van der Waals surface area contributed by atoms with Crippen LogP contribution in [0.5, 0.6) is 0 Å². The minimum absolute atomic E-state index is 0.468. The van der Waals surface area contributed by atoms with E-state index in [1.165, 1.54) is 0 Å². The van der Waals surface area contributed by atoms with Crippen LogP contribution in [-0.4, -0.2) is 31.9 Å². The fraction of sp³-hybridized carbons (Fsp3) is 0.538. The first-order valence-corrected chi connectivity index (χ1v) is 6.36. The normalized spacial score (nSPS) is 12.0. The quantitative estimate of drug-likeness (QED) is 0.849. The molecule has 0 aliphatic carbocycles. The first-order valence-electron chi connectivity index (χ1n) is 6.36. The lowest BCUT2D eigenvalue weighted by atomic mass is 9.98. The van der Waals surface area contributed by atoms with E-state index in [2.05, 4.69) is 15.4 Å². The Morgan fingerprint density at radius 2 is 2.06 bits per heavy atom. The summed E-state index contributed by atoms with van der Waals surface area (Å²) in [5, 5.41) is 17.7. The third kappa shape index (κ3) is 2.46. The van der Waals surface area contributed by atoms with Crippen molar-refractivity contribution >= 4 is 11.6 Å². The molecule has 0 radical (unpaired) electrons. The van der Waals surface area contributed by atoms with E-state index < -0.39 is 5.60 Å². The molecule has 2 rings (SSSR count). The molecular formula is C13H20N4O. The Bertz CT molecular complexity index is 531. The number of hydrogen-bond acceptors (Lipinski definition) is 4. The largest absolute Gasteiger partial charge is 0.388 e. The molecule has 98 valence electrons. The molecule has 0 unspecified atom stereocenters. The molecule has 0 aliphatic heterocycles. The molecule has 2 heterocycles. The van der Waals surface area contributed by atoms with Gasteiger partial charge in [-0.2, -0.15) is 4.98 Å². The van der Waals surface area contributed by atoms with Crippen molar-refractivity contribution in [2.24, 2.45) is 0 Å². The molecule has 0 aromatic carbocycles. The summed E-state index contributed by atoms with van der Waals surface area (Å²) in [5.41, 5.74) is 1.16. The van der Waals surface area contributed by atoms with Crippen LogP contribution in [0.2, 0.25) is 0 Å². The molecule has 2 aromatic heterocycles. The van der Waals surface area contributed by atoms with Crippen LogP contribution in [0.25, 0.3) is 5.65 Å². The number of pyridine rings is 1. The molecule has 5 heteroatoms. The maximum absolute atomic E-state index is 10.2. The topological polar surface area (TPSA) is 62.5 Å². The van der Waals surface area contributed by atoms with Crippen LogP contribution in [0.3, 0.4) is 0 Å². The van der Waals surface area contributed by atoms with Crippen molar-refractivity contribution in [3.05, 3.63) is 23.9 Å². The molecule has 0 aliphatic rings. The smallest absolute Gasteiger partial charge is 0.243 e. The van der Waals surface area contributed by atoms with Crippen LogP contribution in [0.15, 0.2) is 18.2 Å². The molecule has 2 aromatic rings. The van der Waals surface area contributed by atoms with Gasteiger partial charge in [0.2, 0.25) is 5.95 Å². The summed E-state index contributed by atoms with van der Waals surface area (Å²) in [7, 11) is 0. The van der Waals surface area contributed by atoms with E-state index in [9.17, 15) is 5.11 Å². The van der Waals surface area contributed by atoms with Crippen LogP contribution in [0.1, 0.15) is 32.4 Å². The van der Waals surface area contributed by atoms with E-state index in [-0.39, 0.29) is 0 Å². The molecule has 0 bridgehead atoms. The number of aryl methyl sites for hydroxylation is 1. The highest BCUT2D eigenvalue weighted by Crippen LogP contribution is 2.15. The van der Waals surface area contributed by atoms with Gasteiger partial charge in [-0.25, -0.2) is 4.52 Å². The van der Waals surface area contributed by atoms with Gasteiger partial charge in [-0.1, -0.05) is 19.9 Å². The van der Waals surface area contributed by atoms with Gasteiger partial charge in [0.25, 0.3) is 0 Å². The summed E-state index contributed by atoms with van der Waals surface area (Å²) >= 11 is 0. The molecule has 0 amide bonds. The summed E-state index contributed by atoms with van der Waals surface area (Å²) in [5.74, 6) is 0.560. The molecular weight excluding hydrogens is 228 g/mol. The van der Waals surface area contributed by atoms with Crippen LogP contribution >= 0.6 is 0 Å². The maximum Gasteiger partial charge on any atom is 0.243 e. The van der Waals surface area contributed by atoms with Crippen molar-refractivity contribution in [2.75, 3.05) is 11.9 Å². The average Bonchev–Trinajstić information content (AvgIpc) is 2.81. The second-order valence-corrected chi connectivity index (χ2v) is 4.66. The van der Waals surface area contributed by atoms with Gasteiger partial charge in [0, 0.05) is 12.2 Å². The standard InChI is InChI=1S/C13H20N4O/c1-4-13(18,5-2)9-14-12-15-11-8-6-7-10(3)17(11)16-12/h6-8,18H,4-5,9H2,1-3H3,(H,14,16). The van der Waals surface area contributed by atoms with Crippen LogP contribution in [0, 0.1) is 6.92 Å². The first kappa shape index (κ1) is 12.8. The molecule has 0 saturated carbocycles. The lowest BCUT2D eigenvalue weighted by Gasteiger charge is -2.24. The Hall–Kier alpha value is -1.62. The molecule has 18 heavy (non-hydrogen) atoms. The zero-order chi connectivity index (χ0) is 13.2. The Balaban J connectivity index is 2.15. The second-order valence-electron chi connectivity index (χ2n) is 4.66. The molecule has 2 N–H and O–H groups in total. The van der Waals surface area contributed by atoms with Crippen molar-refractivity contribution in [3.8, 4) is 0 Å². The molecule has 0 fully saturated rings. The van der Waals surface area contributed by atoms with Gasteiger partial charge in [0.1, 0.15) is 0 Å². The zero-order valence-corrected chi connectivity index (χ0v) is 11.1. The summed E-state index contributed by atoms with van der Waals surface area (Å²) in [6.45, 7) is 6.41. The van der Waals surface area contributed by atoms with E-state index in [1.807, 2.05) is 39.0 Å². The van der Waals surface area contributed by atoms with Crippen molar-refractivity contribution in [3.63, 3.8) is 0 Å². The average molecular weight is 248 g/mol. The number of aromatic nitrogens is 3. The van der Waals surface area contributed by atoms with Crippen LogP contribution < -0.4 is 5.32 Å². The number of anilines is 1. The van der Waals surface area contributed by atoms with Gasteiger partial charge in [-0.15, -0.1) is 5.10 Å². The number of nitrogens with one attached hydrogen (secondary N) is 1. The Labute approximate surface area is 107 Å². The Morgan fingerprint density at radius 1 is 1.33 bits per heavy atom.